The third kappa shape index (κ3) is 6.80. The standard InChI is InChI=1S/C17H19NO5S/c19-17(23-12-15-9-5-2-6-10-15)18-16(13-24(20,21)22)11-14-7-3-1-4-8-14/h1-10,16H,11-13H2,(H,18,19)(H,20,21,22)/t16-/m1/s1. The molecule has 0 aromatic heterocycles. The highest BCUT2D eigenvalue weighted by Gasteiger charge is 2.20. The molecular formula is C17H19NO5S. The number of carbonyl (C=O) groups excluding carboxylic acids is 1. The van der Waals surface area contributed by atoms with Gasteiger partial charge in [0.05, 0.1) is 11.8 Å². The molecule has 1 atom stereocenters. The molecule has 0 heterocycles. The minimum Gasteiger partial charge on any atom is -0.445 e. The van der Waals surface area contributed by atoms with Gasteiger partial charge in [0.25, 0.3) is 10.1 Å². The summed E-state index contributed by atoms with van der Waals surface area (Å²) < 4.78 is 36.5. The molecule has 128 valence electrons. The van der Waals surface area contributed by atoms with E-state index in [1.807, 2.05) is 60.7 Å². The Morgan fingerprint density at radius 2 is 1.54 bits per heavy atom. The first-order chi connectivity index (χ1) is 11.4. The molecule has 1 amide bonds. The van der Waals surface area contributed by atoms with Gasteiger partial charge in [0, 0.05) is 0 Å². The number of nitrogens with one attached hydrogen (secondary N) is 1. The van der Waals surface area contributed by atoms with Crippen LogP contribution in [0.4, 0.5) is 4.79 Å². The van der Waals surface area contributed by atoms with Gasteiger partial charge in [-0.15, -0.1) is 0 Å². The molecule has 0 saturated heterocycles. The van der Waals surface area contributed by atoms with Crippen molar-refractivity contribution in [2.45, 2.75) is 19.1 Å². The highest BCUT2D eigenvalue weighted by molar-refractivity contribution is 7.85. The second kappa shape index (κ2) is 8.47. The summed E-state index contributed by atoms with van der Waals surface area (Å²) in [7, 11) is -4.23. The van der Waals surface area contributed by atoms with E-state index in [1.54, 1.807) is 0 Å². The maximum absolute atomic E-state index is 11.9. The van der Waals surface area contributed by atoms with E-state index in [-0.39, 0.29) is 13.0 Å². The van der Waals surface area contributed by atoms with Crippen LogP contribution in [-0.4, -0.2) is 30.9 Å². The summed E-state index contributed by atoms with van der Waals surface area (Å²) in [5.41, 5.74) is 1.66. The third-order valence-corrected chi connectivity index (χ3v) is 4.10. The van der Waals surface area contributed by atoms with Crippen LogP contribution in [0.15, 0.2) is 60.7 Å². The molecule has 0 spiro atoms. The minimum atomic E-state index is -4.23. The van der Waals surface area contributed by atoms with Crippen LogP contribution < -0.4 is 5.32 Å². The van der Waals surface area contributed by atoms with Crippen LogP contribution in [0.3, 0.4) is 0 Å². The van der Waals surface area contributed by atoms with Crippen molar-refractivity contribution in [3.63, 3.8) is 0 Å². The Kier molecular flexibility index (Phi) is 6.34. The van der Waals surface area contributed by atoms with Crippen molar-refractivity contribution in [1.29, 1.82) is 0 Å². The summed E-state index contributed by atoms with van der Waals surface area (Å²) in [6, 6.07) is 17.4. The molecule has 7 heteroatoms. The molecule has 0 aliphatic heterocycles. The van der Waals surface area contributed by atoms with Crippen LogP contribution >= 0.6 is 0 Å². The van der Waals surface area contributed by atoms with Gasteiger partial charge in [0.1, 0.15) is 6.61 Å². The topological polar surface area (TPSA) is 92.7 Å². The van der Waals surface area contributed by atoms with Crippen molar-refractivity contribution in [3.05, 3.63) is 71.8 Å². The molecule has 0 saturated carbocycles. The average Bonchev–Trinajstić information content (AvgIpc) is 2.53. The number of rotatable bonds is 7. The summed E-state index contributed by atoms with van der Waals surface area (Å²) in [5.74, 6) is -0.581. The predicted octanol–water partition coefficient (Wildman–Crippen LogP) is 2.41. The van der Waals surface area contributed by atoms with Crippen LogP contribution in [0.5, 0.6) is 0 Å². The van der Waals surface area contributed by atoms with E-state index in [2.05, 4.69) is 5.32 Å². The van der Waals surface area contributed by atoms with E-state index >= 15 is 0 Å². The third-order valence-electron chi connectivity index (χ3n) is 3.27. The molecular weight excluding hydrogens is 330 g/mol. The van der Waals surface area contributed by atoms with Crippen molar-refractivity contribution in [3.8, 4) is 0 Å². The molecule has 0 aliphatic carbocycles. The number of alkyl carbamates (subject to hydrolysis) is 1. The van der Waals surface area contributed by atoms with E-state index in [1.165, 1.54) is 0 Å². The zero-order valence-electron chi connectivity index (χ0n) is 13.0. The monoisotopic (exact) mass is 349 g/mol. The van der Waals surface area contributed by atoms with Gasteiger partial charge in [-0.05, 0) is 17.5 Å². The number of amides is 1. The maximum Gasteiger partial charge on any atom is 0.407 e. The lowest BCUT2D eigenvalue weighted by Gasteiger charge is -2.17. The Labute approximate surface area is 141 Å². The summed E-state index contributed by atoms with van der Waals surface area (Å²) in [5, 5.41) is 2.49. The van der Waals surface area contributed by atoms with Crippen molar-refractivity contribution in [2.24, 2.45) is 0 Å². The van der Waals surface area contributed by atoms with Gasteiger partial charge in [0.2, 0.25) is 0 Å². The molecule has 2 N–H and O–H groups in total. The second-order valence-electron chi connectivity index (χ2n) is 5.34. The van der Waals surface area contributed by atoms with E-state index in [9.17, 15) is 13.2 Å². The van der Waals surface area contributed by atoms with Crippen LogP contribution in [-0.2, 0) is 27.9 Å². The summed E-state index contributed by atoms with van der Waals surface area (Å²) in [6.07, 6.45) is -0.468. The molecule has 24 heavy (non-hydrogen) atoms. The van der Waals surface area contributed by atoms with Gasteiger partial charge in [0.15, 0.2) is 0 Å². The molecule has 0 unspecified atom stereocenters. The van der Waals surface area contributed by atoms with Gasteiger partial charge in [-0.1, -0.05) is 60.7 Å². The van der Waals surface area contributed by atoms with Gasteiger partial charge >= 0.3 is 6.09 Å². The summed E-state index contributed by atoms with van der Waals surface area (Å²) >= 11 is 0. The quantitative estimate of drug-likeness (QED) is 0.749. The van der Waals surface area contributed by atoms with E-state index < -0.39 is 28.0 Å². The van der Waals surface area contributed by atoms with Crippen molar-refractivity contribution >= 4 is 16.2 Å². The number of ether oxygens (including phenoxy) is 1. The fraction of sp³-hybridized carbons (Fsp3) is 0.235. The predicted molar refractivity (Wildman–Crippen MR) is 90.1 cm³/mol. The van der Waals surface area contributed by atoms with Crippen LogP contribution in [0.25, 0.3) is 0 Å². The molecule has 2 aromatic rings. The Hall–Kier alpha value is -2.38. The Bertz CT molecular complexity index is 747. The first kappa shape index (κ1) is 18.0. The van der Waals surface area contributed by atoms with E-state index in [0.29, 0.717) is 0 Å². The van der Waals surface area contributed by atoms with Gasteiger partial charge < -0.3 is 10.1 Å². The normalized spacial score (nSPS) is 12.4. The minimum absolute atomic E-state index is 0.0800. The smallest absolute Gasteiger partial charge is 0.407 e. The second-order valence-corrected chi connectivity index (χ2v) is 6.84. The molecule has 6 nitrogen and oxygen atoms in total. The van der Waals surface area contributed by atoms with Crippen LogP contribution in [0.1, 0.15) is 11.1 Å². The van der Waals surface area contributed by atoms with Crippen LogP contribution in [0.2, 0.25) is 0 Å². The fourth-order valence-electron chi connectivity index (χ4n) is 2.24. The number of benzene rings is 2. The lowest BCUT2D eigenvalue weighted by molar-refractivity contribution is 0.136. The van der Waals surface area contributed by atoms with Crippen molar-refractivity contribution in [2.75, 3.05) is 5.75 Å². The molecule has 0 fully saturated rings. The SMILES string of the molecule is O=C(N[C@H](Cc1ccccc1)CS(=O)(=O)O)OCc1ccccc1. The largest absolute Gasteiger partial charge is 0.445 e. The zero-order chi connectivity index (χ0) is 17.4. The van der Waals surface area contributed by atoms with Gasteiger partial charge in [-0.3, -0.25) is 4.55 Å². The van der Waals surface area contributed by atoms with Gasteiger partial charge in [-0.25, -0.2) is 4.79 Å². The molecule has 2 rings (SSSR count). The lowest BCUT2D eigenvalue weighted by atomic mass is 10.1. The van der Waals surface area contributed by atoms with E-state index in [0.717, 1.165) is 11.1 Å². The highest BCUT2D eigenvalue weighted by atomic mass is 32.2. The molecule has 0 radical (unpaired) electrons. The summed E-state index contributed by atoms with van der Waals surface area (Å²) in [4.78, 5) is 11.9. The van der Waals surface area contributed by atoms with Crippen LogP contribution in [0, 0.1) is 0 Å². The molecule has 0 bridgehead atoms. The Morgan fingerprint density at radius 3 is 2.08 bits per heavy atom. The van der Waals surface area contributed by atoms with Crippen molar-refractivity contribution < 1.29 is 22.5 Å². The first-order valence-corrected chi connectivity index (χ1v) is 8.99. The number of hydrogen-bond donors (Lipinski definition) is 2. The Morgan fingerprint density at radius 1 is 1.00 bits per heavy atom. The lowest BCUT2D eigenvalue weighted by Crippen LogP contribution is -2.41. The Balaban J connectivity index is 1.95. The molecule has 0 aliphatic rings. The number of carbonyl (C=O) groups is 1. The van der Waals surface area contributed by atoms with E-state index in [4.69, 9.17) is 9.29 Å². The average molecular weight is 349 g/mol. The van der Waals surface area contributed by atoms with Gasteiger partial charge in [-0.2, -0.15) is 8.42 Å². The van der Waals surface area contributed by atoms with Crippen molar-refractivity contribution in [1.82, 2.24) is 5.32 Å². The first-order valence-electron chi connectivity index (χ1n) is 7.39. The number of hydrogen-bond acceptors (Lipinski definition) is 4. The summed E-state index contributed by atoms with van der Waals surface area (Å²) in [6.45, 7) is 0.0800. The molecule has 2 aromatic carbocycles. The zero-order valence-corrected chi connectivity index (χ0v) is 13.8. The fourth-order valence-corrected chi connectivity index (χ4v) is 2.95. The highest BCUT2D eigenvalue weighted by Crippen LogP contribution is 2.06. The maximum atomic E-state index is 11.9.